The lowest BCUT2D eigenvalue weighted by molar-refractivity contribution is -0.121. The van der Waals surface area contributed by atoms with Crippen molar-refractivity contribution in [3.05, 3.63) is 95.1 Å². The third-order valence-corrected chi connectivity index (χ3v) is 8.78. The van der Waals surface area contributed by atoms with E-state index >= 15 is 0 Å². The Labute approximate surface area is 211 Å². The highest BCUT2D eigenvalue weighted by Crippen LogP contribution is 2.46. The van der Waals surface area contributed by atoms with Gasteiger partial charge in [0.15, 0.2) is 5.17 Å². The van der Waals surface area contributed by atoms with Gasteiger partial charge in [-0.15, -0.1) is 11.0 Å². The molecule has 182 valence electrons. The number of sulfonamides is 1. The minimum absolute atomic E-state index is 0.0976. The first-order chi connectivity index (χ1) is 16.6. The van der Waals surface area contributed by atoms with E-state index in [0.717, 1.165) is 35.1 Å². The Morgan fingerprint density at radius 1 is 1.09 bits per heavy atom. The van der Waals surface area contributed by atoms with Gasteiger partial charge < -0.3 is 4.90 Å². The fourth-order valence-corrected chi connectivity index (χ4v) is 6.52. The summed E-state index contributed by atoms with van der Waals surface area (Å²) in [4.78, 5) is 17.1. The SMILES string of the molecule is C=CCN1C(=O)C(=CC=C2N(C)c3ccccc3C2(C)C)SC1=NS(=O)(=O)c1ccc(CC)cc1. The molecule has 0 radical (unpaired) electrons. The van der Waals surface area contributed by atoms with Gasteiger partial charge >= 0.3 is 0 Å². The highest BCUT2D eigenvalue weighted by Gasteiger charge is 2.38. The van der Waals surface area contributed by atoms with Gasteiger partial charge in [-0.05, 0) is 59.7 Å². The molecule has 1 saturated heterocycles. The lowest BCUT2D eigenvalue weighted by Gasteiger charge is -2.23. The third-order valence-electron chi connectivity index (χ3n) is 6.36. The minimum atomic E-state index is -3.97. The molecule has 2 aromatic rings. The largest absolute Gasteiger partial charge is 0.347 e. The Morgan fingerprint density at radius 2 is 1.77 bits per heavy atom. The summed E-state index contributed by atoms with van der Waals surface area (Å²) < 4.78 is 30.0. The highest BCUT2D eigenvalue weighted by molar-refractivity contribution is 8.19. The second kappa shape index (κ2) is 9.51. The Morgan fingerprint density at radius 3 is 2.40 bits per heavy atom. The van der Waals surface area contributed by atoms with Gasteiger partial charge in [0, 0.05) is 30.4 Å². The van der Waals surface area contributed by atoms with Crippen molar-refractivity contribution in [3.63, 3.8) is 0 Å². The quantitative estimate of drug-likeness (QED) is 0.395. The van der Waals surface area contributed by atoms with Crippen molar-refractivity contribution in [1.29, 1.82) is 0 Å². The summed E-state index contributed by atoms with van der Waals surface area (Å²) in [5.74, 6) is -0.294. The number of benzene rings is 2. The average Bonchev–Trinajstić information content (AvgIpc) is 3.22. The number of allylic oxidation sites excluding steroid dienone is 3. The summed E-state index contributed by atoms with van der Waals surface area (Å²) in [6, 6.07) is 14.9. The molecule has 6 nitrogen and oxygen atoms in total. The van der Waals surface area contributed by atoms with Gasteiger partial charge in [0.1, 0.15) is 0 Å². The normalized spacial score (nSPS) is 20.8. The molecule has 2 aliphatic heterocycles. The summed E-state index contributed by atoms with van der Waals surface area (Å²) in [6.45, 7) is 10.2. The van der Waals surface area contributed by atoms with E-state index < -0.39 is 10.0 Å². The number of amidine groups is 1. The Bertz CT molecular complexity index is 1370. The molecule has 1 amide bonds. The molecule has 0 spiro atoms. The molecule has 0 aliphatic carbocycles. The molecule has 0 N–H and O–H groups in total. The Kier molecular flexibility index (Phi) is 6.79. The van der Waals surface area contributed by atoms with Gasteiger partial charge in [-0.25, -0.2) is 0 Å². The van der Waals surface area contributed by atoms with E-state index in [-0.39, 0.29) is 27.9 Å². The fraction of sp³-hybridized carbons (Fsp3) is 0.259. The number of para-hydroxylation sites is 1. The van der Waals surface area contributed by atoms with Gasteiger partial charge in [0.25, 0.3) is 15.9 Å². The van der Waals surface area contributed by atoms with Crippen molar-refractivity contribution >= 4 is 38.5 Å². The van der Waals surface area contributed by atoms with E-state index in [2.05, 4.69) is 41.9 Å². The molecule has 0 unspecified atom stereocenters. The maximum absolute atomic E-state index is 13.1. The molecule has 4 rings (SSSR count). The molecule has 0 aromatic heterocycles. The van der Waals surface area contributed by atoms with Crippen molar-refractivity contribution in [2.75, 3.05) is 18.5 Å². The number of anilines is 1. The monoisotopic (exact) mass is 507 g/mol. The third kappa shape index (κ3) is 4.60. The molecule has 0 atom stereocenters. The molecule has 0 saturated carbocycles. The summed E-state index contributed by atoms with van der Waals surface area (Å²) in [7, 11) is -1.96. The first kappa shape index (κ1) is 25.0. The Balaban J connectivity index is 1.68. The molecule has 2 aromatic carbocycles. The van der Waals surface area contributed by atoms with Crippen LogP contribution in [0.3, 0.4) is 0 Å². The standard InChI is InChI=1S/C27H29N3O3S2/c1-6-18-30-25(31)23(16-17-24-27(3,4)21-10-8-9-11-22(21)29(24)5)34-26(30)28-35(32,33)20-14-12-19(7-2)13-15-20/h6,8-17H,1,7,18H2,2-5H3. The summed E-state index contributed by atoms with van der Waals surface area (Å²) in [5.41, 5.74) is 4.19. The van der Waals surface area contributed by atoms with Crippen LogP contribution in [0.4, 0.5) is 5.69 Å². The number of carbonyl (C=O) groups excluding carboxylic acids is 1. The van der Waals surface area contributed by atoms with Crippen molar-refractivity contribution in [1.82, 2.24) is 4.90 Å². The predicted octanol–water partition coefficient (Wildman–Crippen LogP) is 5.25. The lowest BCUT2D eigenvalue weighted by atomic mass is 9.84. The molecule has 35 heavy (non-hydrogen) atoms. The van der Waals surface area contributed by atoms with Crippen LogP contribution in [0.5, 0.6) is 0 Å². The zero-order chi connectivity index (χ0) is 25.4. The van der Waals surface area contributed by atoms with Gasteiger partial charge in [-0.2, -0.15) is 8.42 Å². The van der Waals surface area contributed by atoms with Gasteiger partial charge in [-0.1, -0.05) is 57.2 Å². The van der Waals surface area contributed by atoms with Crippen LogP contribution in [0.2, 0.25) is 0 Å². The second-order valence-corrected chi connectivity index (χ2v) is 11.6. The van der Waals surface area contributed by atoms with E-state index in [0.29, 0.717) is 4.91 Å². The zero-order valence-corrected chi connectivity index (χ0v) is 22.0. The number of aryl methyl sites for hydroxylation is 1. The van der Waals surface area contributed by atoms with Crippen molar-refractivity contribution in [2.45, 2.75) is 37.5 Å². The summed E-state index contributed by atoms with van der Waals surface area (Å²) in [5, 5.41) is 0.126. The number of amides is 1. The van der Waals surface area contributed by atoms with E-state index in [9.17, 15) is 13.2 Å². The fourth-order valence-electron chi connectivity index (χ4n) is 4.39. The molecule has 1 fully saturated rings. The molecule has 0 bridgehead atoms. The second-order valence-electron chi connectivity index (χ2n) is 8.94. The first-order valence-electron chi connectivity index (χ1n) is 11.4. The number of fused-ring (bicyclic) bond motifs is 1. The topological polar surface area (TPSA) is 70.1 Å². The summed E-state index contributed by atoms with van der Waals surface area (Å²) >= 11 is 1.06. The first-order valence-corrected chi connectivity index (χ1v) is 13.7. The average molecular weight is 508 g/mol. The van der Waals surface area contributed by atoms with Gasteiger partial charge in [0.05, 0.1) is 9.80 Å². The Hall–Kier alpha value is -3.10. The van der Waals surface area contributed by atoms with Crippen LogP contribution in [0.1, 0.15) is 31.9 Å². The number of rotatable bonds is 6. The predicted molar refractivity (Wildman–Crippen MR) is 144 cm³/mol. The van der Waals surface area contributed by atoms with Gasteiger partial charge in [0.2, 0.25) is 0 Å². The van der Waals surface area contributed by atoms with Crippen molar-refractivity contribution in [2.24, 2.45) is 4.40 Å². The molecule has 2 heterocycles. The number of thioether (sulfide) groups is 1. The van der Waals surface area contributed by atoms with Crippen LogP contribution in [-0.4, -0.2) is 38.0 Å². The van der Waals surface area contributed by atoms with Crippen molar-refractivity contribution < 1.29 is 13.2 Å². The maximum Gasteiger partial charge on any atom is 0.284 e. The maximum atomic E-state index is 13.1. The van der Waals surface area contributed by atoms with Crippen LogP contribution >= 0.6 is 11.8 Å². The molecular formula is C27H29N3O3S2. The molecule has 2 aliphatic rings. The number of likely N-dealkylation sites (N-methyl/N-ethyl adjacent to an activating group) is 1. The van der Waals surface area contributed by atoms with Crippen LogP contribution in [0, 0.1) is 0 Å². The lowest BCUT2D eigenvalue weighted by Crippen LogP contribution is -2.29. The van der Waals surface area contributed by atoms with E-state index in [1.165, 1.54) is 10.5 Å². The van der Waals surface area contributed by atoms with E-state index in [1.54, 1.807) is 36.4 Å². The number of nitrogens with zero attached hydrogens (tertiary/aromatic N) is 3. The van der Waals surface area contributed by atoms with Crippen LogP contribution in [0.15, 0.2) is 93.2 Å². The van der Waals surface area contributed by atoms with Crippen LogP contribution in [-0.2, 0) is 26.7 Å². The minimum Gasteiger partial charge on any atom is -0.347 e. The number of hydrogen-bond acceptors (Lipinski definition) is 5. The molecular weight excluding hydrogens is 478 g/mol. The van der Waals surface area contributed by atoms with E-state index in [1.807, 2.05) is 32.2 Å². The molecule has 8 heteroatoms. The number of hydrogen-bond donors (Lipinski definition) is 0. The smallest absolute Gasteiger partial charge is 0.284 e. The highest BCUT2D eigenvalue weighted by atomic mass is 32.2. The van der Waals surface area contributed by atoms with Crippen LogP contribution in [0.25, 0.3) is 0 Å². The zero-order valence-electron chi connectivity index (χ0n) is 20.4. The van der Waals surface area contributed by atoms with E-state index in [4.69, 9.17) is 0 Å². The number of carbonyl (C=O) groups is 1. The van der Waals surface area contributed by atoms with Crippen molar-refractivity contribution in [3.8, 4) is 0 Å². The summed E-state index contributed by atoms with van der Waals surface area (Å²) in [6.07, 6.45) is 6.07. The van der Waals surface area contributed by atoms with Gasteiger partial charge in [-0.3, -0.25) is 9.69 Å². The van der Waals surface area contributed by atoms with Crippen LogP contribution < -0.4 is 4.90 Å².